The molecule has 0 saturated heterocycles. The van der Waals surface area contributed by atoms with Crippen LogP contribution in [-0.4, -0.2) is 23.1 Å². The Morgan fingerprint density at radius 1 is 1.27 bits per heavy atom. The Morgan fingerprint density at radius 2 is 2.05 bits per heavy atom. The Bertz CT molecular complexity index is 851. The summed E-state index contributed by atoms with van der Waals surface area (Å²) >= 11 is 0. The second-order valence-corrected chi connectivity index (χ2v) is 5.53. The van der Waals surface area contributed by atoms with Crippen molar-refractivity contribution in [3.05, 3.63) is 47.7 Å². The molecule has 1 saturated carbocycles. The molecule has 0 bridgehead atoms. The van der Waals surface area contributed by atoms with Crippen molar-refractivity contribution in [1.29, 1.82) is 0 Å². The van der Waals surface area contributed by atoms with Gasteiger partial charge in [0.05, 0.1) is 10.9 Å². The van der Waals surface area contributed by atoms with Crippen molar-refractivity contribution in [2.75, 3.05) is 7.05 Å². The first-order chi connectivity index (χ1) is 10.8. The summed E-state index contributed by atoms with van der Waals surface area (Å²) in [6, 6.07) is 11.6. The number of carbonyl (C=O) groups excluding carboxylic acids is 1. The highest BCUT2D eigenvalue weighted by atomic mass is 16.5. The van der Waals surface area contributed by atoms with Crippen molar-refractivity contribution in [1.82, 2.24) is 15.5 Å². The number of rotatable bonds is 3. The SMILES string of the molecule is CNC(=O)c1cc(C2CC2)nc2onc(-c3ccccc3)c12. The monoisotopic (exact) mass is 293 g/mol. The molecule has 0 atom stereocenters. The molecular weight excluding hydrogens is 278 g/mol. The van der Waals surface area contributed by atoms with Gasteiger partial charge >= 0.3 is 0 Å². The molecule has 3 aromatic rings. The molecule has 0 radical (unpaired) electrons. The smallest absolute Gasteiger partial charge is 0.259 e. The van der Waals surface area contributed by atoms with Crippen molar-refractivity contribution in [3.63, 3.8) is 0 Å². The molecule has 22 heavy (non-hydrogen) atoms. The van der Waals surface area contributed by atoms with Crippen LogP contribution in [0.4, 0.5) is 0 Å². The van der Waals surface area contributed by atoms with Gasteiger partial charge in [-0.05, 0) is 18.9 Å². The van der Waals surface area contributed by atoms with Gasteiger partial charge in [0.2, 0.25) is 0 Å². The van der Waals surface area contributed by atoms with Crippen LogP contribution in [0.25, 0.3) is 22.4 Å². The quantitative estimate of drug-likeness (QED) is 0.805. The van der Waals surface area contributed by atoms with E-state index < -0.39 is 0 Å². The molecule has 0 unspecified atom stereocenters. The van der Waals surface area contributed by atoms with Crippen LogP contribution in [0.5, 0.6) is 0 Å². The summed E-state index contributed by atoms with van der Waals surface area (Å²) in [6.07, 6.45) is 2.23. The first-order valence-electron chi connectivity index (χ1n) is 7.35. The molecule has 1 amide bonds. The fourth-order valence-corrected chi connectivity index (χ4v) is 2.67. The van der Waals surface area contributed by atoms with Gasteiger partial charge in [-0.2, -0.15) is 0 Å². The Labute approximate surface area is 127 Å². The van der Waals surface area contributed by atoms with E-state index in [0.717, 1.165) is 24.1 Å². The topological polar surface area (TPSA) is 68.0 Å². The number of fused-ring (bicyclic) bond motifs is 1. The number of amides is 1. The Morgan fingerprint density at radius 3 is 2.73 bits per heavy atom. The summed E-state index contributed by atoms with van der Waals surface area (Å²) in [5, 5.41) is 7.51. The van der Waals surface area contributed by atoms with Crippen LogP contribution in [0.15, 0.2) is 40.9 Å². The van der Waals surface area contributed by atoms with Crippen molar-refractivity contribution in [2.24, 2.45) is 0 Å². The molecule has 110 valence electrons. The lowest BCUT2D eigenvalue weighted by molar-refractivity contribution is 0.0964. The summed E-state index contributed by atoms with van der Waals surface area (Å²) < 4.78 is 5.42. The lowest BCUT2D eigenvalue weighted by Crippen LogP contribution is -2.18. The minimum absolute atomic E-state index is 0.144. The van der Waals surface area contributed by atoms with E-state index in [1.807, 2.05) is 36.4 Å². The van der Waals surface area contributed by atoms with Gasteiger partial charge in [0.1, 0.15) is 5.69 Å². The number of aromatic nitrogens is 2. The fraction of sp³-hybridized carbons (Fsp3) is 0.235. The first kappa shape index (κ1) is 13.0. The van der Waals surface area contributed by atoms with E-state index in [4.69, 9.17) is 4.52 Å². The van der Waals surface area contributed by atoms with E-state index >= 15 is 0 Å². The number of hydrogen-bond acceptors (Lipinski definition) is 4. The third-order valence-corrected chi connectivity index (χ3v) is 3.98. The minimum Gasteiger partial charge on any atom is -0.355 e. The number of benzene rings is 1. The molecule has 0 spiro atoms. The Balaban J connectivity index is 1.98. The molecule has 1 fully saturated rings. The lowest BCUT2D eigenvalue weighted by atomic mass is 10.0. The molecule has 2 heterocycles. The first-order valence-corrected chi connectivity index (χ1v) is 7.35. The predicted octanol–water partition coefficient (Wildman–Crippen LogP) is 3.13. The van der Waals surface area contributed by atoms with Gasteiger partial charge in [-0.25, -0.2) is 4.98 Å². The van der Waals surface area contributed by atoms with Gasteiger partial charge in [-0.15, -0.1) is 0 Å². The summed E-state index contributed by atoms with van der Waals surface area (Å²) in [5.41, 5.74) is 3.50. The average Bonchev–Trinajstić information content (AvgIpc) is 3.33. The van der Waals surface area contributed by atoms with Crippen LogP contribution >= 0.6 is 0 Å². The maximum atomic E-state index is 12.3. The third kappa shape index (κ3) is 2.06. The van der Waals surface area contributed by atoms with Gasteiger partial charge in [0.15, 0.2) is 0 Å². The third-order valence-electron chi connectivity index (χ3n) is 3.98. The zero-order chi connectivity index (χ0) is 15.1. The summed E-state index contributed by atoms with van der Waals surface area (Å²) in [7, 11) is 1.63. The van der Waals surface area contributed by atoms with Gasteiger partial charge in [-0.1, -0.05) is 35.5 Å². The van der Waals surface area contributed by atoms with Crippen LogP contribution in [0, 0.1) is 0 Å². The van der Waals surface area contributed by atoms with Crippen LogP contribution in [0.1, 0.15) is 34.8 Å². The fourth-order valence-electron chi connectivity index (χ4n) is 2.67. The Hall–Kier alpha value is -2.69. The van der Waals surface area contributed by atoms with Crippen LogP contribution in [0.3, 0.4) is 0 Å². The minimum atomic E-state index is -0.144. The zero-order valence-corrected chi connectivity index (χ0v) is 12.2. The lowest BCUT2D eigenvalue weighted by Gasteiger charge is -2.05. The number of pyridine rings is 1. The molecule has 5 nitrogen and oxygen atoms in total. The van der Waals surface area contributed by atoms with Crippen molar-refractivity contribution < 1.29 is 9.32 Å². The molecule has 5 heteroatoms. The maximum absolute atomic E-state index is 12.3. The second kappa shape index (κ2) is 4.94. The van der Waals surface area contributed by atoms with Gasteiger partial charge < -0.3 is 9.84 Å². The van der Waals surface area contributed by atoms with E-state index in [0.29, 0.717) is 28.3 Å². The highest BCUT2D eigenvalue weighted by Crippen LogP contribution is 2.41. The van der Waals surface area contributed by atoms with Gasteiger partial charge in [0.25, 0.3) is 11.6 Å². The van der Waals surface area contributed by atoms with Crippen molar-refractivity contribution >= 4 is 17.0 Å². The Kier molecular flexibility index (Phi) is 2.92. The summed E-state index contributed by atoms with van der Waals surface area (Å²) in [4.78, 5) is 16.8. The van der Waals surface area contributed by atoms with Gasteiger partial charge in [0, 0.05) is 24.2 Å². The molecular formula is C17H15N3O2. The van der Waals surface area contributed by atoms with E-state index in [2.05, 4.69) is 15.5 Å². The van der Waals surface area contributed by atoms with E-state index in [9.17, 15) is 4.79 Å². The van der Waals surface area contributed by atoms with Crippen molar-refractivity contribution in [3.8, 4) is 11.3 Å². The standard InChI is InChI=1S/C17H15N3O2/c1-18-16(21)12-9-13(10-7-8-10)19-17-14(12)15(20-22-17)11-5-3-2-4-6-11/h2-6,9-10H,7-8H2,1H3,(H,18,21). The average molecular weight is 293 g/mol. The number of nitrogens with one attached hydrogen (secondary N) is 1. The molecule has 1 N–H and O–H groups in total. The molecule has 1 aliphatic carbocycles. The normalized spacial score (nSPS) is 14.2. The van der Waals surface area contributed by atoms with E-state index in [-0.39, 0.29) is 5.91 Å². The highest BCUT2D eigenvalue weighted by Gasteiger charge is 2.29. The van der Waals surface area contributed by atoms with Gasteiger partial charge in [-0.3, -0.25) is 4.79 Å². The zero-order valence-electron chi connectivity index (χ0n) is 12.2. The molecule has 4 rings (SSSR count). The maximum Gasteiger partial charge on any atom is 0.259 e. The molecule has 2 aromatic heterocycles. The largest absolute Gasteiger partial charge is 0.355 e. The molecule has 1 aliphatic rings. The van der Waals surface area contributed by atoms with E-state index in [1.54, 1.807) is 7.05 Å². The van der Waals surface area contributed by atoms with Crippen LogP contribution < -0.4 is 5.32 Å². The summed E-state index contributed by atoms with van der Waals surface area (Å²) in [6.45, 7) is 0. The predicted molar refractivity (Wildman–Crippen MR) is 82.6 cm³/mol. The van der Waals surface area contributed by atoms with E-state index in [1.165, 1.54) is 0 Å². The van der Waals surface area contributed by atoms with Crippen molar-refractivity contribution in [2.45, 2.75) is 18.8 Å². The highest BCUT2D eigenvalue weighted by molar-refractivity contribution is 6.09. The second-order valence-electron chi connectivity index (χ2n) is 5.53. The number of carbonyl (C=O) groups is 1. The molecule has 1 aromatic carbocycles. The summed E-state index contributed by atoms with van der Waals surface area (Å²) in [5.74, 6) is 0.299. The van der Waals surface area contributed by atoms with Crippen LogP contribution in [0.2, 0.25) is 0 Å². The molecule has 0 aliphatic heterocycles. The number of hydrogen-bond donors (Lipinski definition) is 1. The number of nitrogens with zero attached hydrogens (tertiary/aromatic N) is 2. The van der Waals surface area contributed by atoms with Crippen LogP contribution in [-0.2, 0) is 0 Å².